The van der Waals surface area contributed by atoms with Crippen molar-refractivity contribution >= 4 is 5.97 Å². The molecule has 82 valence electrons. The van der Waals surface area contributed by atoms with E-state index in [0.717, 1.165) is 12.8 Å². The predicted octanol–water partition coefficient (Wildman–Crippen LogP) is -0.364. The Morgan fingerprint density at radius 2 is 2.43 bits per heavy atom. The Kier molecular flexibility index (Phi) is 4.86. The molecule has 1 rings (SSSR count). The fraction of sp³-hybridized carbons (Fsp3) is 0.889. The van der Waals surface area contributed by atoms with Gasteiger partial charge >= 0.3 is 5.97 Å². The first-order valence-electron chi connectivity index (χ1n) is 4.82. The lowest BCUT2D eigenvalue weighted by Gasteiger charge is -2.13. The van der Waals surface area contributed by atoms with Crippen LogP contribution in [0.4, 0.5) is 0 Å². The molecule has 1 aliphatic heterocycles. The molecule has 2 atom stereocenters. The molecule has 14 heavy (non-hydrogen) atoms. The molecule has 5 heteroatoms. The Hall–Kier alpha value is -0.650. The van der Waals surface area contributed by atoms with Crippen molar-refractivity contribution in [3.63, 3.8) is 0 Å². The lowest BCUT2D eigenvalue weighted by molar-refractivity contribution is -0.140. The van der Waals surface area contributed by atoms with E-state index in [1.54, 1.807) is 0 Å². The normalized spacial score (nSPS) is 26.4. The summed E-state index contributed by atoms with van der Waals surface area (Å²) in [5.41, 5.74) is 0. The molecule has 0 aromatic carbocycles. The molecule has 1 saturated heterocycles. The van der Waals surface area contributed by atoms with Gasteiger partial charge in [0, 0.05) is 6.54 Å². The summed E-state index contributed by atoms with van der Waals surface area (Å²) < 4.78 is 9.91. The second-order valence-electron chi connectivity index (χ2n) is 3.29. The molecule has 0 aromatic heterocycles. The smallest absolute Gasteiger partial charge is 0.306 e. The maximum atomic E-state index is 10.8. The Morgan fingerprint density at radius 1 is 1.64 bits per heavy atom. The zero-order valence-corrected chi connectivity index (χ0v) is 8.36. The molecule has 0 bridgehead atoms. The van der Waals surface area contributed by atoms with Crippen LogP contribution in [0.1, 0.15) is 19.3 Å². The third kappa shape index (κ3) is 3.61. The highest BCUT2D eigenvalue weighted by atomic mass is 16.5. The molecule has 1 fully saturated rings. The number of methoxy groups -OCH3 is 1. The van der Waals surface area contributed by atoms with Crippen LogP contribution in [-0.2, 0) is 14.3 Å². The van der Waals surface area contributed by atoms with Gasteiger partial charge in [-0.25, -0.2) is 0 Å². The van der Waals surface area contributed by atoms with Crippen LogP contribution < -0.4 is 5.32 Å². The average Bonchev–Trinajstić information content (AvgIpc) is 2.65. The minimum Gasteiger partial charge on any atom is -0.469 e. The summed E-state index contributed by atoms with van der Waals surface area (Å²) >= 11 is 0. The summed E-state index contributed by atoms with van der Waals surface area (Å²) in [7, 11) is 1.37. The molecule has 0 radical (unpaired) electrons. The lowest BCUT2D eigenvalue weighted by atomic mass is 10.2. The Labute approximate surface area is 83.4 Å². The van der Waals surface area contributed by atoms with E-state index < -0.39 is 0 Å². The zero-order chi connectivity index (χ0) is 10.4. The molecule has 1 aliphatic rings. The lowest BCUT2D eigenvalue weighted by Crippen LogP contribution is -2.31. The van der Waals surface area contributed by atoms with E-state index in [9.17, 15) is 4.79 Å². The SMILES string of the molecule is COC(=O)CCN[C@H]1CC[C@@H](CO)O1. The molecular formula is C9H17NO4. The van der Waals surface area contributed by atoms with Crippen LogP contribution >= 0.6 is 0 Å². The van der Waals surface area contributed by atoms with Crippen LogP contribution in [0.25, 0.3) is 0 Å². The summed E-state index contributed by atoms with van der Waals surface area (Å²) in [5, 5.41) is 11.9. The van der Waals surface area contributed by atoms with Crippen LogP contribution in [0, 0.1) is 0 Å². The fourth-order valence-electron chi connectivity index (χ4n) is 1.43. The maximum Gasteiger partial charge on any atom is 0.306 e. The summed E-state index contributed by atoms with van der Waals surface area (Å²) in [5.74, 6) is -0.228. The topological polar surface area (TPSA) is 67.8 Å². The summed E-state index contributed by atoms with van der Waals surface area (Å²) in [4.78, 5) is 10.8. The van der Waals surface area contributed by atoms with Crippen LogP contribution in [0.15, 0.2) is 0 Å². The third-order valence-corrected chi connectivity index (χ3v) is 2.24. The highest BCUT2D eigenvalue weighted by Gasteiger charge is 2.23. The first-order chi connectivity index (χ1) is 6.76. The van der Waals surface area contributed by atoms with Crippen LogP contribution in [0.5, 0.6) is 0 Å². The molecule has 5 nitrogen and oxygen atoms in total. The van der Waals surface area contributed by atoms with E-state index in [-0.39, 0.29) is 24.9 Å². The molecule has 0 aliphatic carbocycles. The summed E-state index contributed by atoms with van der Waals surface area (Å²) in [6.45, 7) is 0.616. The number of hydrogen-bond donors (Lipinski definition) is 2. The fourth-order valence-corrected chi connectivity index (χ4v) is 1.43. The van der Waals surface area contributed by atoms with E-state index in [2.05, 4.69) is 10.1 Å². The molecule has 1 heterocycles. The van der Waals surface area contributed by atoms with Gasteiger partial charge in [0.2, 0.25) is 0 Å². The van der Waals surface area contributed by atoms with Crippen molar-refractivity contribution in [2.45, 2.75) is 31.6 Å². The van der Waals surface area contributed by atoms with E-state index in [1.807, 2.05) is 0 Å². The van der Waals surface area contributed by atoms with Crippen molar-refractivity contribution in [1.29, 1.82) is 0 Å². The van der Waals surface area contributed by atoms with Gasteiger partial charge < -0.3 is 14.6 Å². The molecular weight excluding hydrogens is 186 g/mol. The van der Waals surface area contributed by atoms with Gasteiger partial charge in [0.15, 0.2) is 0 Å². The van der Waals surface area contributed by atoms with Gasteiger partial charge in [0.05, 0.1) is 26.2 Å². The first-order valence-corrected chi connectivity index (χ1v) is 4.82. The van der Waals surface area contributed by atoms with E-state index in [1.165, 1.54) is 7.11 Å². The Balaban J connectivity index is 2.05. The summed E-state index contributed by atoms with van der Waals surface area (Å²) in [6.07, 6.45) is 2.02. The largest absolute Gasteiger partial charge is 0.469 e. The Bertz CT molecular complexity index is 186. The predicted molar refractivity (Wildman–Crippen MR) is 49.6 cm³/mol. The van der Waals surface area contributed by atoms with E-state index in [0.29, 0.717) is 13.0 Å². The van der Waals surface area contributed by atoms with E-state index in [4.69, 9.17) is 9.84 Å². The number of esters is 1. The maximum absolute atomic E-state index is 10.8. The molecule has 0 spiro atoms. The minimum absolute atomic E-state index is 0.0307. The molecule has 0 unspecified atom stereocenters. The number of hydrogen-bond acceptors (Lipinski definition) is 5. The number of carbonyl (C=O) groups is 1. The van der Waals surface area contributed by atoms with Gasteiger partial charge in [0.1, 0.15) is 6.23 Å². The van der Waals surface area contributed by atoms with Crippen molar-refractivity contribution in [3.05, 3.63) is 0 Å². The second-order valence-corrected chi connectivity index (χ2v) is 3.29. The highest BCUT2D eigenvalue weighted by Crippen LogP contribution is 2.16. The van der Waals surface area contributed by atoms with Gasteiger partial charge in [-0.05, 0) is 12.8 Å². The monoisotopic (exact) mass is 203 g/mol. The van der Waals surface area contributed by atoms with Crippen molar-refractivity contribution in [2.75, 3.05) is 20.3 Å². The van der Waals surface area contributed by atoms with Crippen molar-refractivity contribution in [1.82, 2.24) is 5.32 Å². The molecule has 0 saturated carbocycles. The van der Waals surface area contributed by atoms with Gasteiger partial charge in [-0.3, -0.25) is 10.1 Å². The number of aliphatic hydroxyl groups excluding tert-OH is 1. The molecule has 0 amide bonds. The van der Waals surface area contributed by atoms with Gasteiger partial charge in [-0.1, -0.05) is 0 Å². The van der Waals surface area contributed by atoms with Crippen LogP contribution in [-0.4, -0.2) is 43.7 Å². The second kappa shape index (κ2) is 5.95. The zero-order valence-electron chi connectivity index (χ0n) is 8.36. The molecule has 0 aromatic rings. The molecule has 2 N–H and O–H groups in total. The average molecular weight is 203 g/mol. The number of ether oxygens (including phenoxy) is 2. The highest BCUT2D eigenvalue weighted by molar-refractivity contribution is 5.69. The van der Waals surface area contributed by atoms with Crippen LogP contribution in [0.2, 0.25) is 0 Å². The van der Waals surface area contributed by atoms with Crippen LogP contribution in [0.3, 0.4) is 0 Å². The number of rotatable bonds is 5. The standard InChI is InChI=1S/C9H17NO4/c1-13-9(12)4-5-10-8-3-2-7(6-11)14-8/h7-8,10-11H,2-6H2,1H3/t7-,8+/m0/s1. The van der Waals surface area contributed by atoms with Gasteiger partial charge in [-0.2, -0.15) is 0 Å². The van der Waals surface area contributed by atoms with Gasteiger partial charge in [-0.15, -0.1) is 0 Å². The van der Waals surface area contributed by atoms with Crippen molar-refractivity contribution < 1.29 is 19.4 Å². The quantitative estimate of drug-likeness (QED) is 0.597. The third-order valence-electron chi connectivity index (χ3n) is 2.24. The summed E-state index contributed by atoms with van der Waals surface area (Å²) in [6, 6.07) is 0. The number of aliphatic hydroxyl groups is 1. The first kappa shape index (κ1) is 11.4. The number of nitrogens with one attached hydrogen (secondary N) is 1. The van der Waals surface area contributed by atoms with Crippen molar-refractivity contribution in [3.8, 4) is 0 Å². The van der Waals surface area contributed by atoms with Gasteiger partial charge in [0.25, 0.3) is 0 Å². The van der Waals surface area contributed by atoms with Crippen molar-refractivity contribution in [2.24, 2.45) is 0 Å². The number of carbonyl (C=O) groups excluding carboxylic acids is 1. The minimum atomic E-state index is -0.228. The Morgan fingerprint density at radius 3 is 3.00 bits per heavy atom. The van der Waals surface area contributed by atoms with E-state index >= 15 is 0 Å².